The molecule has 1 N–H and O–H groups in total. The van der Waals surface area contributed by atoms with Crippen LogP contribution in [-0.4, -0.2) is 34.7 Å². The van der Waals surface area contributed by atoms with Gasteiger partial charge in [0.1, 0.15) is 0 Å². The first-order valence-corrected chi connectivity index (χ1v) is 4.71. The van der Waals surface area contributed by atoms with Gasteiger partial charge in [-0.05, 0) is 41.2 Å². The zero-order valence-electron chi connectivity index (χ0n) is 9.26. The fourth-order valence-electron chi connectivity index (χ4n) is 1.44. The highest BCUT2D eigenvalue weighted by molar-refractivity contribution is 4.82. The highest BCUT2D eigenvalue weighted by Gasteiger charge is 2.26. The van der Waals surface area contributed by atoms with E-state index in [1.54, 1.807) is 0 Å². The molecule has 0 aromatic carbocycles. The summed E-state index contributed by atoms with van der Waals surface area (Å²) in [4.78, 5) is 2.23. The predicted octanol–water partition coefficient (Wildman–Crippen LogP) is 1.88. The zero-order valence-corrected chi connectivity index (χ0v) is 9.26. The first-order valence-electron chi connectivity index (χ1n) is 4.71. The monoisotopic (exact) mass is 173 g/mol. The molecule has 0 aromatic heterocycles. The van der Waals surface area contributed by atoms with Crippen molar-refractivity contribution in [2.24, 2.45) is 0 Å². The zero-order chi connectivity index (χ0) is 9.94. The van der Waals surface area contributed by atoms with Gasteiger partial charge in [-0.1, -0.05) is 6.92 Å². The summed E-state index contributed by atoms with van der Waals surface area (Å²) in [5.74, 6) is 0. The minimum absolute atomic E-state index is 0.137. The molecule has 2 atom stereocenters. The normalized spacial score (nSPS) is 18.0. The number of aliphatic hydroxyl groups is 1. The summed E-state index contributed by atoms with van der Waals surface area (Å²) in [6.07, 6.45) is 0.741. The summed E-state index contributed by atoms with van der Waals surface area (Å²) < 4.78 is 0. The van der Waals surface area contributed by atoms with Crippen molar-refractivity contribution >= 4 is 0 Å². The molecule has 0 heterocycles. The Bertz CT molecular complexity index is 126. The largest absolute Gasteiger partial charge is 0.392 e. The molecule has 0 bridgehead atoms. The lowest BCUT2D eigenvalue weighted by Gasteiger charge is -2.39. The molecule has 0 aliphatic heterocycles. The van der Waals surface area contributed by atoms with Gasteiger partial charge in [-0.3, -0.25) is 4.90 Å². The number of hydrogen-bond donors (Lipinski definition) is 1. The standard InChI is InChI=1S/C10H23NO/c1-7-9(8(2)12)11(6)10(3,4)5/h8-9,12H,7H2,1-6H3. The molecule has 0 rings (SSSR count). The maximum atomic E-state index is 9.50. The van der Waals surface area contributed by atoms with E-state index in [4.69, 9.17) is 0 Å². The minimum Gasteiger partial charge on any atom is -0.392 e. The molecule has 12 heavy (non-hydrogen) atoms. The van der Waals surface area contributed by atoms with Gasteiger partial charge >= 0.3 is 0 Å². The molecule has 0 saturated heterocycles. The smallest absolute Gasteiger partial charge is 0.0667 e. The van der Waals surface area contributed by atoms with Crippen molar-refractivity contribution in [1.82, 2.24) is 4.90 Å². The van der Waals surface area contributed by atoms with Crippen molar-refractivity contribution in [2.75, 3.05) is 7.05 Å². The van der Waals surface area contributed by atoms with Crippen molar-refractivity contribution in [3.63, 3.8) is 0 Å². The van der Waals surface area contributed by atoms with Crippen LogP contribution in [0.25, 0.3) is 0 Å². The van der Waals surface area contributed by atoms with Crippen molar-refractivity contribution in [3.05, 3.63) is 0 Å². The molecule has 2 unspecified atom stereocenters. The first-order chi connectivity index (χ1) is 5.30. The third kappa shape index (κ3) is 3.11. The Hall–Kier alpha value is -0.0800. The van der Waals surface area contributed by atoms with Crippen LogP contribution in [0.15, 0.2) is 0 Å². The second kappa shape index (κ2) is 4.24. The van der Waals surface area contributed by atoms with Crippen LogP contribution in [0.4, 0.5) is 0 Å². The van der Waals surface area contributed by atoms with E-state index in [-0.39, 0.29) is 17.7 Å². The lowest BCUT2D eigenvalue weighted by molar-refractivity contribution is 0.0243. The Kier molecular flexibility index (Phi) is 4.21. The molecule has 0 spiro atoms. The van der Waals surface area contributed by atoms with Crippen LogP contribution in [0.3, 0.4) is 0 Å². The summed E-state index contributed by atoms with van der Waals surface area (Å²) in [7, 11) is 2.07. The number of aliphatic hydroxyl groups excluding tert-OH is 1. The maximum absolute atomic E-state index is 9.50. The molecule has 0 fully saturated rings. The van der Waals surface area contributed by atoms with Gasteiger partial charge in [0.2, 0.25) is 0 Å². The highest BCUT2D eigenvalue weighted by atomic mass is 16.3. The number of likely N-dealkylation sites (N-methyl/N-ethyl adjacent to an activating group) is 1. The van der Waals surface area contributed by atoms with Crippen LogP contribution in [0, 0.1) is 0 Å². The second-order valence-electron chi connectivity index (χ2n) is 4.50. The van der Waals surface area contributed by atoms with Crippen molar-refractivity contribution in [2.45, 2.75) is 58.7 Å². The summed E-state index contributed by atoms with van der Waals surface area (Å²) >= 11 is 0. The van der Waals surface area contributed by atoms with E-state index in [9.17, 15) is 5.11 Å². The van der Waals surface area contributed by atoms with Gasteiger partial charge in [0.25, 0.3) is 0 Å². The van der Waals surface area contributed by atoms with Gasteiger partial charge in [0.05, 0.1) is 6.10 Å². The molecule has 2 heteroatoms. The lowest BCUT2D eigenvalue weighted by Crippen LogP contribution is -2.49. The molecule has 0 aromatic rings. The Morgan fingerprint density at radius 1 is 1.33 bits per heavy atom. The maximum Gasteiger partial charge on any atom is 0.0667 e. The molecule has 2 nitrogen and oxygen atoms in total. The summed E-state index contributed by atoms with van der Waals surface area (Å²) in [6, 6.07) is 0.269. The molecule has 0 saturated carbocycles. The summed E-state index contributed by atoms with van der Waals surface area (Å²) in [5.41, 5.74) is 0.137. The van der Waals surface area contributed by atoms with Crippen LogP contribution in [0.1, 0.15) is 41.0 Å². The van der Waals surface area contributed by atoms with Gasteiger partial charge in [0.15, 0.2) is 0 Å². The van der Waals surface area contributed by atoms with E-state index in [0.29, 0.717) is 0 Å². The van der Waals surface area contributed by atoms with Gasteiger partial charge in [0, 0.05) is 11.6 Å². The van der Waals surface area contributed by atoms with E-state index < -0.39 is 0 Å². The molecular formula is C10H23NO. The molecule has 0 radical (unpaired) electrons. The molecule has 74 valence electrons. The molecule has 0 aliphatic carbocycles. The van der Waals surface area contributed by atoms with E-state index >= 15 is 0 Å². The predicted molar refractivity (Wildman–Crippen MR) is 53.3 cm³/mol. The van der Waals surface area contributed by atoms with Gasteiger partial charge in [-0.25, -0.2) is 0 Å². The fourth-order valence-corrected chi connectivity index (χ4v) is 1.44. The fraction of sp³-hybridized carbons (Fsp3) is 1.00. The SMILES string of the molecule is CCC(C(C)O)N(C)C(C)(C)C. The van der Waals surface area contributed by atoms with E-state index in [0.717, 1.165) is 6.42 Å². The molecule has 0 amide bonds. The quantitative estimate of drug-likeness (QED) is 0.704. The van der Waals surface area contributed by atoms with Crippen LogP contribution in [0.2, 0.25) is 0 Å². The van der Waals surface area contributed by atoms with Crippen LogP contribution >= 0.6 is 0 Å². The van der Waals surface area contributed by atoms with Crippen molar-refractivity contribution < 1.29 is 5.11 Å². The van der Waals surface area contributed by atoms with Crippen molar-refractivity contribution in [1.29, 1.82) is 0 Å². The van der Waals surface area contributed by atoms with Crippen LogP contribution in [0.5, 0.6) is 0 Å². The highest BCUT2D eigenvalue weighted by Crippen LogP contribution is 2.18. The number of hydrogen-bond acceptors (Lipinski definition) is 2. The van der Waals surface area contributed by atoms with Crippen molar-refractivity contribution in [3.8, 4) is 0 Å². The topological polar surface area (TPSA) is 23.5 Å². The third-order valence-corrected chi connectivity index (χ3v) is 2.53. The van der Waals surface area contributed by atoms with Crippen LogP contribution < -0.4 is 0 Å². The summed E-state index contributed by atoms with van der Waals surface area (Å²) in [5, 5.41) is 9.50. The second-order valence-corrected chi connectivity index (χ2v) is 4.50. The van der Waals surface area contributed by atoms with Gasteiger partial charge in [-0.2, -0.15) is 0 Å². The Labute approximate surface area is 76.6 Å². The third-order valence-electron chi connectivity index (χ3n) is 2.53. The van der Waals surface area contributed by atoms with Gasteiger partial charge < -0.3 is 5.11 Å². The van der Waals surface area contributed by atoms with E-state index in [2.05, 4.69) is 39.6 Å². The number of rotatable bonds is 3. The minimum atomic E-state index is -0.251. The Morgan fingerprint density at radius 2 is 1.75 bits per heavy atom. The average molecular weight is 173 g/mol. The first kappa shape index (κ1) is 11.9. The average Bonchev–Trinajstić information content (AvgIpc) is 1.86. The van der Waals surface area contributed by atoms with Crippen LogP contribution in [-0.2, 0) is 0 Å². The Balaban J connectivity index is 4.32. The molecule has 0 aliphatic rings. The molecular weight excluding hydrogens is 150 g/mol. The van der Waals surface area contributed by atoms with Gasteiger partial charge in [-0.15, -0.1) is 0 Å². The van der Waals surface area contributed by atoms with E-state index in [1.165, 1.54) is 0 Å². The number of nitrogens with zero attached hydrogens (tertiary/aromatic N) is 1. The lowest BCUT2D eigenvalue weighted by atomic mass is 10.00. The Morgan fingerprint density at radius 3 is 1.83 bits per heavy atom. The summed E-state index contributed by atoms with van der Waals surface area (Å²) in [6.45, 7) is 10.5. The van der Waals surface area contributed by atoms with E-state index in [1.807, 2.05) is 6.92 Å².